The van der Waals surface area contributed by atoms with Crippen molar-refractivity contribution in [3.8, 4) is 10.8 Å². The summed E-state index contributed by atoms with van der Waals surface area (Å²) < 4.78 is 6.35. The smallest absolute Gasteiger partial charge is 0.266 e. The lowest BCUT2D eigenvalue weighted by molar-refractivity contribution is -0.119. The summed E-state index contributed by atoms with van der Waals surface area (Å²) in [5.41, 5.74) is 0.849. The van der Waals surface area contributed by atoms with E-state index in [-0.39, 0.29) is 11.8 Å². The molecule has 1 aliphatic heterocycles. The Labute approximate surface area is 174 Å². The number of amides is 2. The first kappa shape index (κ1) is 18.0. The lowest BCUT2D eigenvalue weighted by Crippen LogP contribution is -2.42. The maximum absolute atomic E-state index is 13.0. The van der Waals surface area contributed by atoms with E-state index < -0.39 is 6.04 Å². The van der Waals surface area contributed by atoms with Crippen LogP contribution in [0.3, 0.4) is 0 Å². The molecule has 0 radical (unpaired) electrons. The number of para-hydroxylation sites is 1. The van der Waals surface area contributed by atoms with Crippen molar-refractivity contribution in [1.82, 2.24) is 14.9 Å². The molecule has 146 valence electrons. The highest BCUT2D eigenvalue weighted by Gasteiger charge is 2.35. The van der Waals surface area contributed by atoms with Crippen LogP contribution >= 0.6 is 22.7 Å². The monoisotopic (exact) mass is 424 g/mol. The van der Waals surface area contributed by atoms with E-state index in [1.54, 1.807) is 29.5 Å². The number of fused-ring (bicyclic) bond motifs is 1. The Hall–Kier alpha value is -3.04. The number of carbonyl (C=O) groups is 2. The molecule has 3 aromatic heterocycles. The molecule has 1 N–H and O–H groups in total. The van der Waals surface area contributed by atoms with Crippen LogP contribution < -0.4 is 5.32 Å². The number of carbonyl (C=O) groups excluding carboxylic acids is 2. The molecule has 9 heteroatoms. The maximum atomic E-state index is 13.0. The molecule has 0 bridgehead atoms. The van der Waals surface area contributed by atoms with Crippen molar-refractivity contribution < 1.29 is 14.0 Å². The lowest BCUT2D eigenvalue weighted by Gasteiger charge is -2.22. The SMILES string of the molecule is O=C(Nc1nc2ccccc2s1)C1CCCN1C(=O)c1cnc(-c2ccco2)s1. The molecule has 1 fully saturated rings. The van der Waals surface area contributed by atoms with E-state index in [2.05, 4.69) is 15.3 Å². The highest BCUT2D eigenvalue weighted by atomic mass is 32.1. The third-order valence-electron chi connectivity index (χ3n) is 4.79. The summed E-state index contributed by atoms with van der Waals surface area (Å²) in [7, 11) is 0. The average molecular weight is 425 g/mol. The Morgan fingerprint density at radius 3 is 2.90 bits per heavy atom. The largest absolute Gasteiger partial charge is 0.462 e. The normalized spacial score (nSPS) is 16.4. The van der Waals surface area contributed by atoms with Crippen molar-refractivity contribution >= 4 is 49.8 Å². The Kier molecular flexibility index (Phi) is 4.61. The summed E-state index contributed by atoms with van der Waals surface area (Å²) in [5.74, 6) is 0.244. The molecular formula is C20H16N4O3S2. The van der Waals surface area contributed by atoms with Crippen LogP contribution in [-0.4, -0.2) is 39.3 Å². The summed E-state index contributed by atoms with van der Waals surface area (Å²) in [6, 6.07) is 10.8. The topological polar surface area (TPSA) is 88.3 Å². The van der Waals surface area contributed by atoms with Gasteiger partial charge >= 0.3 is 0 Å². The second-order valence-electron chi connectivity index (χ2n) is 6.64. The van der Waals surface area contributed by atoms with Crippen molar-refractivity contribution in [3.05, 3.63) is 53.7 Å². The van der Waals surface area contributed by atoms with Gasteiger partial charge in [0.15, 0.2) is 15.9 Å². The molecule has 1 atom stereocenters. The van der Waals surface area contributed by atoms with E-state index in [0.29, 0.717) is 33.7 Å². The number of thiazole rings is 2. The Morgan fingerprint density at radius 2 is 2.07 bits per heavy atom. The van der Waals surface area contributed by atoms with Gasteiger partial charge in [0.2, 0.25) is 5.91 Å². The van der Waals surface area contributed by atoms with Crippen molar-refractivity contribution in [2.45, 2.75) is 18.9 Å². The molecule has 5 rings (SSSR count). The molecular weight excluding hydrogens is 408 g/mol. The standard InChI is InChI=1S/C20H16N4O3S2/c25-17(23-20-22-12-5-1-2-8-15(12)29-20)13-6-3-9-24(13)19(26)16-11-21-18(28-16)14-7-4-10-27-14/h1-2,4-5,7-8,10-11,13H,3,6,9H2,(H,22,23,25). The van der Waals surface area contributed by atoms with Crippen LogP contribution in [0.4, 0.5) is 5.13 Å². The summed E-state index contributed by atoms with van der Waals surface area (Å²) >= 11 is 2.70. The zero-order chi connectivity index (χ0) is 19.8. The quantitative estimate of drug-likeness (QED) is 0.529. The van der Waals surface area contributed by atoms with E-state index in [9.17, 15) is 9.59 Å². The van der Waals surface area contributed by atoms with Gasteiger partial charge in [0.05, 0.1) is 22.7 Å². The van der Waals surface area contributed by atoms with E-state index in [0.717, 1.165) is 16.6 Å². The van der Waals surface area contributed by atoms with Gasteiger partial charge in [0, 0.05) is 6.54 Å². The maximum Gasteiger partial charge on any atom is 0.266 e. The molecule has 1 unspecified atom stereocenters. The van der Waals surface area contributed by atoms with Gasteiger partial charge < -0.3 is 14.6 Å². The minimum absolute atomic E-state index is 0.178. The molecule has 2 amide bonds. The van der Waals surface area contributed by atoms with Gasteiger partial charge in [-0.05, 0) is 37.1 Å². The van der Waals surface area contributed by atoms with Gasteiger partial charge in [-0.3, -0.25) is 9.59 Å². The number of likely N-dealkylation sites (tertiary alicyclic amines) is 1. The second kappa shape index (κ2) is 7.41. The van der Waals surface area contributed by atoms with Crippen LogP contribution in [0.5, 0.6) is 0 Å². The van der Waals surface area contributed by atoms with Gasteiger partial charge in [-0.15, -0.1) is 11.3 Å². The van der Waals surface area contributed by atoms with Gasteiger partial charge in [0.1, 0.15) is 10.9 Å². The number of hydrogen-bond acceptors (Lipinski definition) is 7. The summed E-state index contributed by atoms with van der Waals surface area (Å²) in [6.07, 6.45) is 4.53. The predicted molar refractivity (Wildman–Crippen MR) is 112 cm³/mol. The Bertz CT molecular complexity index is 1150. The molecule has 1 aromatic carbocycles. The van der Waals surface area contributed by atoms with Crippen molar-refractivity contribution in [3.63, 3.8) is 0 Å². The summed E-state index contributed by atoms with van der Waals surface area (Å²) in [6.45, 7) is 0.546. The van der Waals surface area contributed by atoms with Crippen LogP contribution in [-0.2, 0) is 4.79 Å². The molecule has 1 aliphatic rings. The van der Waals surface area contributed by atoms with Gasteiger partial charge in [0.25, 0.3) is 5.91 Å². The van der Waals surface area contributed by atoms with Crippen LogP contribution in [0.15, 0.2) is 53.3 Å². The minimum Gasteiger partial charge on any atom is -0.462 e. The number of nitrogens with one attached hydrogen (secondary N) is 1. The third-order valence-corrected chi connectivity index (χ3v) is 6.74. The molecule has 7 nitrogen and oxygen atoms in total. The first-order valence-corrected chi connectivity index (χ1v) is 10.8. The first-order valence-electron chi connectivity index (χ1n) is 9.16. The third kappa shape index (κ3) is 3.43. The predicted octanol–water partition coefficient (Wildman–Crippen LogP) is 4.26. The molecule has 0 saturated carbocycles. The van der Waals surface area contributed by atoms with E-state index in [1.807, 2.05) is 24.3 Å². The van der Waals surface area contributed by atoms with Gasteiger partial charge in [-0.25, -0.2) is 9.97 Å². The molecule has 4 aromatic rings. The fourth-order valence-corrected chi connectivity index (χ4v) is 5.13. The van der Waals surface area contributed by atoms with Crippen LogP contribution in [0.2, 0.25) is 0 Å². The van der Waals surface area contributed by atoms with Gasteiger partial charge in [-0.1, -0.05) is 23.5 Å². The van der Waals surface area contributed by atoms with E-state index in [1.165, 1.54) is 22.7 Å². The van der Waals surface area contributed by atoms with Gasteiger partial charge in [-0.2, -0.15) is 0 Å². The van der Waals surface area contributed by atoms with Crippen LogP contribution in [0.25, 0.3) is 21.0 Å². The number of rotatable bonds is 4. The molecule has 0 aliphatic carbocycles. The number of anilines is 1. The number of furan rings is 1. The van der Waals surface area contributed by atoms with E-state index in [4.69, 9.17) is 4.42 Å². The second-order valence-corrected chi connectivity index (χ2v) is 8.70. The van der Waals surface area contributed by atoms with Crippen LogP contribution in [0, 0.1) is 0 Å². The number of aromatic nitrogens is 2. The zero-order valence-electron chi connectivity index (χ0n) is 15.2. The number of hydrogen-bond donors (Lipinski definition) is 1. The molecule has 4 heterocycles. The average Bonchev–Trinajstić information content (AvgIpc) is 3.53. The van der Waals surface area contributed by atoms with Crippen molar-refractivity contribution in [2.75, 3.05) is 11.9 Å². The highest BCUT2D eigenvalue weighted by molar-refractivity contribution is 7.22. The van der Waals surface area contributed by atoms with Crippen LogP contribution in [0.1, 0.15) is 22.5 Å². The Balaban J connectivity index is 1.32. The Morgan fingerprint density at radius 1 is 1.17 bits per heavy atom. The molecule has 0 spiro atoms. The van der Waals surface area contributed by atoms with Crippen molar-refractivity contribution in [2.24, 2.45) is 0 Å². The number of benzene rings is 1. The summed E-state index contributed by atoms with van der Waals surface area (Å²) in [5, 5.41) is 4.08. The van der Waals surface area contributed by atoms with E-state index >= 15 is 0 Å². The first-order chi connectivity index (χ1) is 14.2. The zero-order valence-corrected chi connectivity index (χ0v) is 16.8. The number of nitrogens with zero attached hydrogens (tertiary/aromatic N) is 3. The molecule has 29 heavy (non-hydrogen) atoms. The lowest BCUT2D eigenvalue weighted by atomic mass is 10.2. The fourth-order valence-electron chi connectivity index (χ4n) is 3.43. The van der Waals surface area contributed by atoms with Crippen molar-refractivity contribution in [1.29, 1.82) is 0 Å². The fraction of sp³-hybridized carbons (Fsp3) is 0.200. The highest BCUT2D eigenvalue weighted by Crippen LogP contribution is 2.30. The minimum atomic E-state index is -0.510. The summed E-state index contributed by atoms with van der Waals surface area (Å²) in [4.78, 5) is 36.7. The molecule has 1 saturated heterocycles.